The molecular weight excluding hydrogens is 304 g/mol. The summed E-state index contributed by atoms with van der Waals surface area (Å²) in [5.41, 5.74) is 3.94. The summed E-state index contributed by atoms with van der Waals surface area (Å²) in [6.45, 7) is 3.19. The smallest absolute Gasteiger partial charge is 0.252 e. The second kappa shape index (κ2) is 6.07. The van der Waals surface area contributed by atoms with Crippen molar-refractivity contribution in [3.8, 4) is 11.5 Å². The van der Waals surface area contributed by atoms with E-state index in [1.165, 1.54) is 0 Å². The number of rotatable bonds is 3. The maximum atomic E-state index is 12.7. The van der Waals surface area contributed by atoms with Crippen molar-refractivity contribution in [1.82, 2.24) is 5.32 Å². The van der Waals surface area contributed by atoms with Crippen molar-refractivity contribution in [3.05, 3.63) is 53.1 Å². The summed E-state index contributed by atoms with van der Waals surface area (Å²) < 4.78 is 10.7. The lowest BCUT2D eigenvalue weighted by Crippen LogP contribution is -2.28. The molecule has 2 aliphatic heterocycles. The van der Waals surface area contributed by atoms with E-state index in [-0.39, 0.29) is 18.7 Å². The van der Waals surface area contributed by atoms with Crippen molar-refractivity contribution < 1.29 is 14.3 Å². The maximum absolute atomic E-state index is 12.7. The van der Waals surface area contributed by atoms with Crippen molar-refractivity contribution in [3.63, 3.8) is 0 Å². The molecule has 0 aliphatic carbocycles. The van der Waals surface area contributed by atoms with E-state index in [9.17, 15) is 4.79 Å². The molecule has 1 unspecified atom stereocenters. The molecule has 0 radical (unpaired) electrons. The standard InChI is InChI=1S/C19H20N2O3/c1-12(13-7-8-17-18(10-13)24-11-23-17)21-19(22)15-4-2-6-16-14(15)5-3-9-20-16/h2,4,6-8,10,12,20H,3,5,9,11H2,1H3,(H,21,22). The molecule has 2 N–H and O–H groups in total. The first-order chi connectivity index (χ1) is 11.7. The van der Waals surface area contributed by atoms with Gasteiger partial charge in [0.15, 0.2) is 11.5 Å². The predicted octanol–water partition coefficient (Wildman–Crippen LogP) is 3.26. The fraction of sp³-hybridized carbons (Fsp3) is 0.316. The zero-order chi connectivity index (χ0) is 16.5. The minimum Gasteiger partial charge on any atom is -0.454 e. The average molecular weight is 324 g/mol. The molecule has 0 fully saturated rings. The van der Waals surface area contributed by atoms with Crippen LogP contribution in [-0.2, 0) is 6.42 Å². The summed E-state index contributed by atoms with van der Waals surface area (Å²) in [4.78, 5) is 12.7. The minimum absolute atomic E-state index is 0.0410. The van der Waals surface area contributed by atoms with Crippen LogP contribution in [0.25, 0.3) is 0 Å². The van der Waals surface area contributed by atoms with E-state index in [1.54, 1.807) is 0 Å². The van der Waals surface area contributed by atoms with Gasteiger partial charge in [0.05, 0.1) is 6.04 Å². The molecule has 0 aromatic heterocycles. The molecule has 2 aliphatic rings. The zero-order valence-electron chi connectivity index (χ0n) is 13.6. The molecule has 0 saturated carbocycles. The van der Waals surface area contributed by atoms with Gasteiger partial charge in [0.25, 0.3) is 5.91 Å². The Morgan fingerprint density at radius 2 is 2.08 bits per heavy atom. The third kappa shape index (κ3) is 2.66. The molecule has 2 aromatic carbocycles. The van der Waals surface area contributed by atoms with E-state index in [0.29, 0.717) is 0 Å². The van der Waals surface area contributed by atoms with Crippen LogP contribution in [0.2, 0.25) is 0 Å². The van der Waals surface area contributed by atoms with Gasteiger partial charge < -0.3 is 20.1 Å². The molecule has 2 heterocycles. The van der Waals surface area contributed by atoms with Gasteiger partial charge >= 0.3 is 0 Å². The van der Waals surface area contributed by atoms with Crippen LogP contribution in [0.3, 0.4) is 0 Å². The van der Waals surface area contributed by atoms with Gasteiger partial charge in [0.2, 0.25) is 6.79 Å². The number of hydrogen-bond donors (Lipinski definition) is 2. The number of nitrogens with one attached hydrogen (secondary N) is 2. The lowest BCUT2D eigenvalue weighted by molar-refractivity contribution is 0.0938. The third-order valence-corrected chi connectivity index (χ3v) is 4.58. The van der Waals surface area contributed by atoms with Crippen LogP contribution in [-0.4, -0.2) is 19.2 Å². The van der Waals surface area contributed by atoms with Crippen molar-refractivity contribution in [2.45, 2.75) is 25.8 Å². The minimum atomic E-state index is -0.112. The first-order valence-corrected chi connectivity index (χ1v) is 8.28. The molecule has 0 spiro atoms. The fourth-order valence-corrected chi connectivity index (χ4v) is 3.26. The van der Waals surface area contributed by atoms with Crippen LogP contribution in [0, 0.1) is 0 Å². The Bertz CT molecular complexity index is 788. The molecular formula is C19H20N2O3. The summed E-state index contributed by atoms with van der Waals surface area (Å²) in [5, 5.41) is 6.45. The normalized spacial score (nSPS) is 16.0. The SMILES string of the molecule is CC(NC(=O)c1cccc2c1CCCN2)c1ccc2c(c1)OCO2. The number of anilines is 1. The van der Waals surface area contributed by atoms with E-state index in [2.05, 4.69) is 10.6 Å². The number of ether oxygens (including phenoxy) is 2. The fourth-order valence-electron chi connectivity index (χ4n) is 3.26. The Morgan fingerprint density at radius 1 is 1.21 bits per heavy atom. The molecule has 5 heteroatoms. The molecule has 5 nitrogen and oxygen atoms in total. The highest BCUT2D eigenvalue weighted by Gasteiger charge is 2.20. The molecule has 1 amide bonds. The summed E-state index contributed by atoms with van der Waals surface area (Å²) in [7, 11) is 0. The number of carbonyl (C=O) groups excluding carboxylic acids is 1. The molecule has 0 bridgehead atoms. The van der Waals surface area contributed by atoms with E-state index < -0.39 is 0 Å². The van der Waals surface area contributed by atoms with Gasteiger partial charge in [-0.25, -0.2) is 0 Å². The second-order valence-electron chi connectivity index (χ2n) is 6.17. The Hall–Kier alpha value is -2.69. The van der Waals surface area contributed by atoms with E-state index in [0.717, 1.165) is 53.3 Å². The molecule has 1 atom stereocenters. The van der Waals surface area contributed by atoms with Crippen LogP contribution in [0.5, 0.6) is 11.5 Å². The van der Waals surface area contributed by atoms with Crippen molar-refractivity contribution in [1.29, 1.82) is 0 Å². The van der Waals surface area contributed by atoms with Crippen LogP contribution in [0.1, 0.15) is 40.9 Å². The molecule has 124 valence electrons. The third-order valence-electron chi connectivity index (χ3n) is 4.58. The van der Waals surface area contributed by atoms with E-state index >= 15 is 0 Å². The van der Waals surface area contributed by atoms with Crippen LogP contribution in [0.15, 0.2) is 36.4 Å². The second-order valence-corrected chi connectivity index (χ2v) is 6.17. The maximum Gasteiger partial charge on any atom is 0.252 e. The van der Waals surface area contributed by atoms with Crippen LogP contribution >= 0.6 is 0 Å². The molecule has 4 rings (SSSR count). The Morgan fingerprint density at radius 3 is 3.00 bits per heavy atom. The van der Waals surface area contributed by atoms with Crippen LogP contribution in [0.4, 0.5) is 5.69 Å². The van der Waals surface area contributed by atoms with Gasteiger partial charge in [-0.15, -0.1) is 0 Å². The Balaban J connectivity index is 1.54. The van der Waals surface area contributed by atoms with E-state index in [1.807, 2.05) is 43.3 Å². The zero-order valence-corrected chi connectivity index (χ0v) is 13.6. The number of fused-ring (bicyclic) bond motifs is 2. The largest absolute Gasteiger partial charge is 0.454 e. The number of hydrogen-bond acceptors (Lipinski definition) is 4. The first-order valence-electron chi connectivity index (χ1n) is 8.28. The lowest BCUT2D eigenvalue weighted by atomic mass is 9.96. The average Bonchev–Trinajstić information content (AvgIpc) is 3.08. The van der Waals surface area contributed by atoms with Gasteiger partial charge in [-0.05, 0) is 55.2 Å². The number of amides is 1. The highest BCUT2D eigenvalue weighted by atomic mass is 16.7. The molecule has 24 heavy (non-hydrogen) atoms. The van der Waals surface area contributed by atoms with Gasteiger partial charge in [-0.2, -0.15) is 0 Å². The number of benzene rings is 2. The monoisotopic (exact) mass is 324 g/mol. The summed E-state index contributed by atoms with van der Waals surface area (Å²) in [6, 6.07) is 11.5. The van der Waals surface area contributed by atoms with Crippen molar-refractivity contribution in [2.24, 2.45) is 0 Å². The Kier molecular flexibility index (Phi) is 3.76. The highest BCUT2D eigenvalue weighted by molar-refractivity contribution is 5.97. The van der Waals surface area contributed by atoms with Crippen LogP contribution < -0.4 is 20.1 Å². The van der Waals surface area contributed by atoms with Gasteiger partial charge in [0.1, 0.15) is 0 Å². The molecule has 2 aromatic rings. The predicted molar refractivity (Wildman–Crippen MR) is 91.7 cm³/mol. The topological polar surface area (TPSA) is 59.6 Å². The van der Waals surface area contributed by atoms with Gasteiger partial charge in [-0.3, -0.25) is 4.79 Å². The first kappa shape index (κ1) is 14.9. The lowest BCUT2D eigenvalue weighted by Gasteiger charge is -2.22. The number of carbonyl (C=O) groups is 1. The summed E-state index contributed by atoms with van der Waals surface area (Å²) in [6.07, 6.45) is 1.99. The highest BCUT2D eigenvalue weighted by Crippen LogP contribution is 2.34. The van der Waals surface area contributed by atoms with Gasteiger partial charge in [-0.1, -0.05) is 12.1 Å². The van der Waals surface area contributed by atoms with Crippen molar-refractivity contribution >= 4 is 11.6 Å². The summed E-state index contributed by atoms with van der Waals surface area (Å²) in [5.74, 6) is 1.44. The summed E-state index contributed by atoms with van der Waals surface area (Å²) >= 11 is 0. The van der Waals surface area contributed by atoms with Gasteiger partial charge in [0, 0.05) is 17.8 Å². The Labute approximate surface area is 141 Å². The van der Waals surface area contributed by atoms with Crippen molar-refractivity contribution in [2.75, 3.05) is 18.7 Å². The van der Waals surface area contributed by atoms with E-state index in [4.69, 9.17) is 9.47 Å². The molecule has 0 saturated heterocycles. The quantitative estimate of drug-likeness (QED) is 0.910.